The highest BCUT2D eigenvalue weighted by molar-refractivity contribution is 5.81. The molecular weight excluding hydrogens is 298 g/mol. The van der Waals surface area contributed by atoms with Crippen molar-refractivity contribution in [2.45, 2.75) is 71.6 Å². The Morgan fingerprint density at radius 2 is 2.04 bits per heavy atom. The summed E-state index contributed by atoms with van der Waals surface area (Å²) in [6.45, 7) is 9.09. The molecule has 1 aromatic carbocycles. The van der Waals surface area contributed by atoms with Gasteiger partial charge >= 0.3 is 0 Å². The van der Waals surface area contributed by atoms with E-state index in [4.69, 9.17) is 5.73 Å². The topological polar surface area (TPSA) is 58.4 Å². The average Bonchev–Trinajstić information content (AvgIpc) is 2.61. The molecule has 2 rings (SSSR count). The number of nitrogens with one attached hydrogen (secondary N) is 1. The van der Waals surface area contributed by atoms with Gasteiger partial charge in [-0.15, -0.1) is 0 Å². The number of amides is 1. The molecule has 24 heavy (non-hydrogen) atoms. The number of hydrogen-bond acceptors (Lipinski definition) is 3. The predicted octanol–water partition coefficient (Wildman–Crippen LogP) is 3.05. The Hall–Kier alpha value is -1.39. The molecule has 0 bridgehead atoms. The first-order valence-electron chi connectivity index (χ1n) is 9.37. The Morgan fingerprint density at radius 1 is 1.33 bits per heavy atom. The van der Waals surface area contributed by atoms with Crippen molar-refractivity contribution in [3.05, 3.63) is 35.4 Å². The van der Waals surface area contributed by atoms with Crippen LogP contribution in [0.1, 0.15) is 57.6 Å². The molecule has 1 heterocycles. The molecule has 4 nitrogen and oxygen atoms in total. The Labute approximate surface area is 146 Å². The van der Waals surface area contributed by atoms with Crippen LogP contribution in [0.4, 0.5) is 0 Å². The molecule has 0 saturated carbocycles. The number of piperidine rings is 1. The fourth-order valence-corrected chi connectivity index (χ4v) is 3.31. The number of rotatable bonds is 7. The van der Waals surface area contributed by atoms with E-state index in [9.17, 15) is 4.79 Å². The molecule has 1 amide bonds. The molecule has 0 aliphatic carbocycles. The zero-order chi connectivity index (χ0) is 17.5. The molecule has 0 radical (unpaired) electrons. The van der Waals surface area contributed by atoms with Crippen molar-refractivity contribution in [1.29, 1.82) is 0 Å². The van der Waals surface area contributed by atoms with Crippen molar-refractivity contribution in [3.8, 4) is 0 Å². The van der Waals surface area contributed by atoms with Crippen molar-refractivity contribution < 1.29 is 4.79 Å². The minimum Gasteiger partial charge on any atom is -0.351 e. The molecule has 0 spiro atoms. The highest BCUT2D eigenvalue weighted by Gasteiger charge is 2.21. The monoisotopic (exact) mass is 331 g/mol. The van der Waals surface area contributed by atoms with Gasteiger partial charge in [0.25, 0.3) is 0 Å². The second-order valence-electron chi connectivity index (χ2n) is 7.21. The smallest absolute Gasteiger partial charge is 0.237 e. The van der Waals surface area contributed by atoms with Gasteiger partial charge in [0.05, 0.1) is 6.04 Å². The first kappa shape index (κ1) is 18.9. The maximum absolute atomic E-state index is 12.2. The summed E-state index contributed by atoms with van der Waals surface area (Å²) in [5.74, 6) is 0.153. The van der Waals surface area contributed by atoms with Crippen LogP contribution in [0, 0.1) is 5.92 Å². The summed E-state index contributed by atoms with van der Waals surface area (Å²) >= 11 is 0. The predicted molar refractivity (Wildman–Crippen MR) is 99.4 cm³/mol. The minimum absolute atomic E-state index is 0.0505. The molecule has 1 saturated heterocycles. The molecule has 0 aromatic heterocycles. The summed E-state index contributed by atoms with van der Waals surface area (Å²) in [4.78, 5) is 14.8. The number of nitrogens with two attached hydrogens (primary N) is 1. The van der Waals surface area contributed by atoms with Crippen LogP contribution in [-0.4, -0.2) is 29.4 Å². The van der Waals surface area contributed by atoms with E-state index in [2.05, 4.69) is 42.3 Å². The van der Waals surface area contributed by atoms with Crippen molar-refractivity contribution >= 4 is 5.91 Å². The fraction of sp³-hybridized carbons (Fsp3) is 0.650. The molecule has 1 aliphatic heterocycles. The van der Waals surface area contributed by atoms with Crippen LogP contribution in [0.5, 0.6) is 0 Å². The number of carbonyl (C=O) groups excluding carboxylic acids is 1. The summed E-state index contributed by atoms with van der Waals surface area (Å²) < 4.78 is 0. The van der Waals surface area contributed by atoms with Gasteiger partial charge in [-0.2, -0.15) is 0 Å². The SMILES string of the molecule is CCC(C)C(N)C(=O)NCc1ccccc1CN1CCCCC1C. The quantitative estimate of drug-likeness (QED) is 0.807. The van der Waals surface area contributed by atoms with Gasteiger partial charge in [-0.05, 0) is 43.4 Å². The van der Waals surface area contributed by atoms with Crippen molar-refractivity contribution in [2.75, 3.05) is 6.54 Å². The van der Waals surface area contributed by atoms with E-state index < -0.39 is 6.04 Å². The first-order chi connectivity index (χ1) is 11.5. The number of likely N-dealkylation sites (tertiary alicyclic amines) is 1. The van der Waals surface area contributed by atoms with Crippen LogP contribution >= 0.6 is 0 Å². The summed E-state index contributed by atoms with van der Waals surface area (Å²) in [6.07, 6.45) is 4.82. The maximum atomic E-state index is 12.2. The third-order valence-corrected chi connectivity index (χ3v) is 5.45. The van der Waals surface area contributed by atoms with E-state index in [1.54, 1.807) is 0 Å². The third-order valence-electron chi connectivity index (χ3n) is 5.45. The number of nitrogens with zero attached hydrogens (tertiary/aromatic N) is 1. The summed E-state index contributed by atoms with van der Waals surface area (Å²) in [6, 6.07) is 8.62. The number of carbonyl (C=O) groups is 1. The second-order valence-corrected chi connectivity index (χ2v) is 7.21. The lowest BCUT2D eigenvalue weighted by atomic mass is 9.99. The van der Waals surface area contributed by atoms with E-state index in [0.717, 1.165) is 13.0 Å². The molecule has 1 fully saturated rings. The normalized spacial score (nSPS) is 21.2. The largest absolute Gasteiger partial charge is 0.351 e. The third kappa shape index (κ3) is 5.05. The lowest BCUT2D eigenvalue weighted by Gasteiger charge is -2.33. The van der Waals surface area contributed by atoms with Gasteiger partial charge in [0.15, 0.2) is 0 Å². The van der Waals surface area contributed by atoms with Crippen molar-refractivity contribution in [3.63, 3.8) is 0 Å². The summed E-state index contributed by atoms with van der Waals surface area (Å²) in [5.41, 5.74) is 8.52. The van der Waals surface area contributed by atoms with Crippen molar-refractivity contribution in [1.82, 2.24) is 10.2 Å². The molecular formula is C20H33N3O. The minimum atomic E-state index is -0.427. The molecule has 1 aliphatic rings. The van der Waals surface area contributed by atoms with E-state index in [-0.39, 0.29) is 11.8 Å². The van der Waals surface area contributed by atoms with Gasteiger partial charge in [0, 0.05) is 19.1 Å². The first-order valence-corrected chi connectivity index (χ1v) is 9.37. The zero-order valence-corrected chi connectivity index (χ0v) is 15.4. The molecule has 3 unspecified atom stereocenters. The highest BCUT2D eigenvalue weighted by atomic mass is 16.2. The lowest BCUT2D eigenvalue weighted by molar-refractivity contribution is -0.123. The number of benzene rings is 1. The Balaban J connectivity index is 1.97. The van der Waals surface area contributed by atoms with Gasteiger partial charge in [-0.1, -0.05) is 51.0 Å². The lowest BCUT2D eigenvalue weighted by Crippen LogP contribution is -2.44. The standard InChI is InChI=1S/C20H33N3O/c1-4-15(2)19(21)20(24)22-13-17-10-5-6-11-18(17)14-23-12-8-7-9-16(23)3/h5-6,10-11,15-16,19H,4,7-9,12-14,21H2,1-3H3,(H,22,24). The second kappa shape index (κ2) is 9.19. The van der Waals surface area contributed by atoms with Gasteiger partial charge < -0.3 is 11.1 Å². The average molecular weight is 332 g/mol. The fourth-order valence-electron chi connectivity index (χ4n) is 3.31. The van der Waals surface area contributed by atoms with Gasteiger partial charge in [-0.3, -0.25) is 9.69 Å². The zero-order valence-electron chi connectivity index (χ0n) is 15.4. The highest BCUT2D eigenvalue weighted by Crippen LogP contribution is 2.20. The van der Waals surface area contributed by atoms with Crippen LogP contribution in [0.25, 0.3) is 0 Å². The van der Waals surface area contributed by atoms with Gasteiger partial charge in [-0.25, -0.2) is 0 Å². The number of hydrogen-bond donors (Lipinski definition) is 2. The Bertz CT molecular complexity index is 531. The van der Waals surface area contributed by atoms with Crippen LogP contribution in [-0.2, 0) is 17.9 Å². The van der Waals surface area contributed by atoms with Crippen molar-refractivity contribution in [2.24, 2.45) is 11.7 Å². The van der Waals surface area contributed by atoms with Gasteiger partial charge in [0.2, 0.25) is 5.91 Å². The van der Waals surface area contributed by atoms with Crippen LogP contribution < -0.4 is 11.1 Å². The van der Waals surface area contributed by atoms with Crippen LogP contribution in [0.15, 0.2) is 24.3 Å². The Kier molecular flexibility index (Phi) is 7.25. The van der Waals surface area contributed by atoms with E-state index in [1.807, 2.05) is 13.0 Å². The summed E-state index contributed by atoms with van der Waals surface area (Å²) in [5, 5.41) is 3.02. The molecule has 134 valence electrons. The molecule has 3 atom stereocenters. The molecule has 3 N–H and O–H groups in total. The molecule has 1 aromatic rings. The van der Waals surface area contributed by atoms with Crippen LogP contribution in [0.2, 0.25) is 0 Å². The van der Waals surface area contributed by atoms with E-state index in [0.29, 0.717) is 12.6 Å². The van der Waals surface area contributed by atoms with E-state index in [1.165, 1.54) is 36.9 Å². The van der Waals surface area contributed by atoms with E-state index >= 15 is 0 Å². The summed E-state index contributed by atoms with van der Waals surface area (Å²) in [7, 11) is 0. The maximum Gasteiger partial charge on any atom is 0.237 e. The molecule has 4 heteroatoms. The van der Waals surface area contributed by atoms with Crippen LogP contribution in [0.3, 0.4) is 0 Å². The van der Waals surface area contributed by atoms with Gasteiger partial charge in [0.1, 0.15) is 0 Å². The Morgan fingerprint density at radius 3 is 2.71 bits per heavy atom.